The number of benzene rings is 1. The van der Waals surface area contributed by atoms with Crippen LogP contribution in [-0.4, -0.2) is 28.1 Å². The lowest BCUT2D eigenvalue weighted by Gasteiger charge is -2.09. The van der Waals surface area contributed by atoms with E-state index in [0.717, 1.165) is 0 Å². The maximum absolute atomic E-state index is 11.8. The summed E-state index contributed by atoms with van der Waals surface area (Å²) in [7, 11) is -2.55. The molecule has 1 aromatic carbocycles. The highest BCUT2D eigenvalue weighted by Gasteiger charge is 2.18. The summed E-state index contributed by atoms with van der Waals surface area (Å²) in [6.45, 7) is 2.00. The van der Waals surface area contributed by atoms with Crippen molar-refractivity contribution in [1.29, 1.82) is 0 Å². The summed E-state index contributed by atoms with van der Waals surface area (Å²) in [5.74, 6) is 0.230. The average molecular weight is 273 g/mol. The molecule has 7 nitrogen and oxygen atoms in total. The van der Waals surface area contributed by atoms with Crippen LogP contribution in [0, 0.1) is 0 Å². The van der Waals surface area contributed by atoms with Crippen LogP contribution in [-0.2, 0) is 10.0 Å². The first-order valence-corrected chi connectivity index (χ1v) is 6.63. The molecule has 0 saturated carbocycles. The summed E-state index contributed by atoms with van der Waals surface area (Å²) in [5.41, 5.74) is 5.89. The molecule has 1 rings (SSSR count). The third-order valence-electron chi connectivity index (χ3n) is 2.08. The Bertz CT molecular complexity index is 542. The Labute approximate surface area is 105 Å². The number of urea groups is 1. The number of nitrogen functional groups attached to an aromatic ring is 1. The zero-order valence-electron chi connectivity index (χ0n) is 10.1. The van der Waals surface area contributed by atoms with Crippen LogP contribution in [0.3, 0.4) is 0 Å². The maximum Gasteiger partial charge on any atom is 0.328 e. The van der Waals surface area contributed by atoms with Crippen molar-refractivity contribution in [2.24, 2.45) is 0 Å². The van der Waals surface area contributed by atoms with E-state index in [2.05, 4.69) is 5.32 Å². The monoisotopic (exact) mass is 273 g/mol. The molecule has 0 unspecified atom stereocenters. The molecule has 8 heteroatoms. The maximum atomic E-state index is 11.8. The Morgan fingerprint density at radius 3 is 2.67 bits per heavy atom. The molecular formula is C10H15N3O4S. The van der Waals surface area contributed by atoms with Crippen LogP contribution in [0.5, 0.6) is 5.75 Å². The van der Waals surface area contributed by atoms with Gasteiger partial charge in [0.15, 0.2) is 0 Å². The highest BCUT2D eigenvalue weighted by Crippen LogP contribution is 2.24. The van der Waals surface area contributed by atoms with Crippen LogP contribution < -0.4 is 20.5 Å². The summed E-state index contributed by atoms with van der Waals surface area (Å²) >= 11 is 0. The fraction of sp³-hybridized carbons (Fsp3) is 0.300. The number of anilines is 1. The minimum absolute atomic E-state index is 0.0974. The predicted octanol–water partition coefficient (Wildman–Crippen LogP) is 0.285. The lowest BCUT2D eigenvalue weighted by molar-refractivity contribution is 0.246. The van der Waals surface area contributed by atoms with Gasteiger partial charge in [0.1, 0.15) is 5.75 Å². The van der Waals surface area contributed by atoms with E-state index in [-0.39, 0.29) is 10.6 Å². The van der Waals surface area contributed by atoms with Gasteiger partial charge in [-0.2, -0.15) is 0 Å². The van der Waals surface area contributed by atoms with Crippen LogP contribution in [0.4, 0.5) is 10.5 Å². The van der Waals surface area contributed by atoms with Gasteiger partial charge in [-0.05, 0) is 19.1 Å². The molecule has 100 valence electrons. The van der Waals surface area contributed by atoms with Crippen molar-refractivity contribution in [2.75, 3.05) is 19.4 Å². The van der Waals surface area contributed by atoms with Crippen LogP contribution in [0.1, 0.15) is 6.92 Å². The van der Waals surface area contributed by atoms with E-state index in [1.54, 1.807) is 6.92 Å². The van der Waals surface area contributed by atoms with E-state index in [9.17, 15) is 13.2 Å². The molecule has 0 fully saturated rings. The molecule has 1 aromatic rings. The van der Waals surface area contributed by atoms with Crippen LogP contribution in [0.2, 0.25) is 0 Å². The van der Waals surface area contributed by atoms with Gasteiger partial charge in [-0.15, -0.1) is 0 Å². The van der Waals surface area contributed by atoms with Crippen molar-refractivity contribution >= 4 is 21.7 Å². The molecule has 2 amide bonds. The van der Waals surface area contributed by atoms with Gasteiger partial charge in [-0.25, -0.2) is 17.9 Å². The lowest BCUT2D eigenvalue weighted by atomic mass is 10.3. The smallest absolute Gasteiger partial charge is 0.328 e. The van der Waals surface area contributed by atoms with Crippen molar-refractivity contribution in [2.45, 2.75) is 11.8 Å². The van der Waals surface area contributed by atoms with E-state index in [0.29, 0.717) is 12.2 Å². The van der Waals surface area contributed by atoms with E-state index >= 15 is 0 Å². The van der Waals surface area contributed by atoms with Gasteiger partial charge in [-0.3, -0.25) is 0 Å². The number of amides is 2. The van der Waals surface area contributed by atoms with Gasteiger partial charge in [-0.1, -0.05) is 0 Å². The molecule has 0 aliphatic rings. The van der Waals surface area contributed by atoms with Crippen LogP contribution in [0.15, 0.2) is 23.1 Å². The van der Waals surface area contributed by atoms with Gasteiger partial charge in [0.25, 0.3) is 10.0 Å². The highest BCUT2D eigenvalue weighted by molar-refractivity contribution is 7.90. The SMILES string of the molecule is CCNC(=O)NS(=O)(=O)c1ccc(N)c(OC)c1. The first-order chi connectivity index (χ1) is 8.40. The Kier molecular flexibility index (Phi) is 4.38. The Morgan fingerprint density at radius 1 is 1.44 bits per heavy atom. The second-order valence-corrected chi connectivity index (χ2v) is 5.05. The summed E-state index contributed by atoms with van der Waals surface area (Å²) in [6.07, 6.45) is 0. The Morgan fingerprint density at radius 2 is 2.11 bits per heavy atom. The van der Waals surface area contributed by atoms with Gasteiger partial charge < -0.3 is 15.8 Å². The molecule has 0 aliphatic heterocycles. The molecule has 0 aromatic heterocycles. The third kappa shape index (κ3) is 3.27. The molecule has 0 radical (unpaired) electrons. The minimum atomic E-state index is -3.93. The second kappa shape index (κ2) is 5.58. The summed E-state index contributed by atoms with van der Waals surface area (Å²) in [4.78, 5) is 11.1. The van der Waals surface area contributed by atoms with Gasteiger partial charge >= 0.3 is 6.03 Å². The minimum Gasteiger partial charge on any atom is -0.495 e. The average Bonchev–Trinajstić information content (AvgIpc) is 2.28. The second-order valence-electron chi connectivity index (χ2n) is 3.37. The molecule has 0 aliphatic carbocycles. The van der Waals surface area contributed by atoms with E-state index in [1.807, 2.05) is 4.72 Å². The summed E-state index contributed by atoms with van der Waals surface area (Å²) < 4.78 is 30.4. The van der Waals surface area contributed by atoms with Crippen molar-refractivity contribution in [3.8, 4) is 5.75 Å². The summed E-state index contributed by atoms with van der Waals surface area (Å²) in [5, 5.41) is 2.33. The third-order valence-corrected chi connectivity index (χ3v) is 3.41. The van der Waals surface area contributed by atoms with E-state index < -0.39 is 16.1 Å². The molecule has 4 N–H and O–H groups in total. The fourth-order valence-corrected chi connectivity index (χ4v) is 2.18. The first kappa shape index (κ1) is 14.1. The quantitative estimate of drug-likeness (QED) is 0.683. The van der Waals surface area contributed by atoms with Gasteiger partial charge in [0.05, 0.1) is 17.7 Å². The predicted molar refractivity (Wildman–Crippen MR) is 66.8 cm³/mol. The zero-order chi connectivity index (χ0) is 13.8. The molecule has 18 heavy (non-hydrogen) atoms. The van der Waals surface area contributed by atoms with Crippen molar-refractivity contribution in [1.82, 2.24) is 10.0 Å². The molecular weight excluding hydrogens is 258 g/mol. The van der Waals surface area contributed by atoms with Crippen LogP contribution in [0.25, 0.3) is 0 Å². The van der Waals surface area contributed by atoms with Crippen molar-refractivity contribution < 1.29 is 17.9 Å². The molecule has 0 atom stereocenters. The van der Waals surface area contributed by atoms with E-state index in [4.69, 9.17) is 10.5 Å². The number of sulfonamides is 1. The molecule has 0 spiro atoms. The number of ether oxygens (including phenoxy) is 1. The number of hydrogen-bond acceptors (Lipinski definition) is 5. The molecule has 0 saturated heterocycles. The largest absolute Gasteiger partial charge is 0.495 e. The Balaban J connectivity index is 3.02. The topological polar surface area (TPSA) is 111 Å². The Hall–Kier alpha value is -1.96. The normalized spacial score (nSPS) is 10.8. The van der Waals surface area contributed by atoms with Gasteiger partial charge in [0.2, 0.25) is 0 Å². The molecule has 0 bridgehead atoms. The fourth-order valence-electron chi connectivity index (χ4n) is 1.24. The number of rotatable bonds is 4. The summed E-state index contributed by atoms with van der Waals surface area (Å²) in [6, 6.07) is 3.15. The lowest BCUT2D eigenvalue weighted by Crippen LogP contribution is -2.39. The van der Waals surface area contributed by atoms with Crippen LogP contribution >= 0.6 is 0 Å². The number of carbonyl (C=O) groups is 1. The first-order valence-electron chi connectivity index (χ1n) is 5.15. The number of hydrogen-bond donors (Lipinski definition) is 3. The molecule has 0 heterocycles. The number of nitrogens with one attached hydrogen (secondary N) is 2. The highest BCUT2D eigenvalue weighted by atomic mass is 32.2. The van der Waals surface area contributed by atoms with Crippen molar-refractivity contribution in [3.05, 3.63) is 18.2 Å². The number of nitrogens with two attached hydrogens (primary N) is 1. The standard InChI is InChI=1S/C10H15N3O4S/c1-3-12-10(14)13-18(15,16)7-4-5-8(11)9(6-7)17-2/h4-6H,3,11H2,1-2H3,(H2,12,13,14). The van der Waals surface area contributed by atoms with E-state index in [1.165, 1.54) is 25.3 Å². The zero-order valence-corrected chi connectivity index (χ0v) is 10.9. The van der Waals surface area contributed by atoms with Gasteiger partial charge in [0, 0.05) is 12.6 Å². The number of carbonyl (C=O) groups excluding carboxylic acids is 1. The number of methoxy groups -OCH3 is 1. The van der Waals surface area contributed by atoms with Crippen molar-refractivity contribution in [3.63, 3.8) is 0 Å².